The normalized spacial score (nSPS) is 25.6. The van der Waals surface area contributed by atoms with Crippen molar-refractivity contribution in [2.75, 3.05) is 26.7 Å². The number of aromatic nitrogens is 2. The molecule has 0 amide bonds. The Kier molecular flexibility index (Phi) is 4.28. The SMILES string of the molecule is COC(C)(C)c1noc(C2CCCN2C2CCNCC2)n1. The average Bonchev–Trinajstić information content (AvgIpc) is 3.17. The Hall–Kier alpha value is -0.980. The summed E-state index contributed by atoms with van der Waals surface area (Å²) < 4.78 is 11.0. The maximum absolute atomic E-state index is 5.56. The van der Waals surface area contributed by atoms with Crippen LogP contribution in [0.1, 0.15) is 57.3 Å². The molecule has 6 nitrogen and oxygen atoms in total. The number of nitrogens with zero attached hydrogens (tertiary/aromatic N) is 3. The van der Waals surface area contributed by atoms with Gasteiger partial charge in [-0.2, -0.15) is 4.98 Å². The second-order valence-corrected chi connectivity index (χ2v) is 6.55. The number of hydrogen-bond donors (Lipinski definition) is 1. The van der Waals surface area contributed by atoms with Crippen LogP contribution < -0.4 is 5.32 Å². The third-order valence-corrected chi connectivity index (χ3v) is 4.85. The molecular weight excluding hydrogens is 268 g/mol. The van der Waals surface area contributed by atoms with Crippen molar-refractivity contribution < 1.29 is 9.26 Å². The molecule has 2 aliphatic rings. The molecule has 0 bridgehead atoms. The molecule has 1 aromatic heterocycles. The minimum absolute atomic E-state index is 0.280. The molecule has 1 N–H and O–H groups in total. The summed E-state index contributed by atoms with van der Waals surface area (Å²) in [5.74, 6) is 1.39. The minimum Gasteiger partial charge on any atom is -0.371 e. The first-order valence-electron chi connectivity index (χ1n) is 7.97. The highest BCUT2D eigenvalue weighted by Crippen LogP contribution is 2.35. The highest BCUT2D eigenvalue weighted by Gasteiger charge is 2.37. The molecule has 1 aromatic rings. The van der Waals surface area contributed by atoms with Crippen molar-refractivity contribution in [2.45, 2.75) is 57.2 Å². The van der Waals surface area contributed by atoms with E-state index in [1.807, 2.05) is 13.8 Å². The van der Waals surface area contributed by atoms with Gasteiger partial charge in [0.2, 0.25) is 11.7 Å². The Morgan fingerprint density at radius 2 is 2.05 bits per heavy atom. The fourth-order valence-electron chi connectivity index (χ4n) is 3.34. The molecule has 3 heterocycles. The van der Waals surface area contributed by atoms with Gasteiger partial charge in [0.05, 0.1) is 6.04 Å². The van der Waals surface area contributed by atoms with E-state index >= 15 is 0 Å². The van der Waals surface area contributed by atoms with Gasteiger partial charge in [-0.1, -0.05) is 5.16 Å². The van der Waals surface area contributed by atoms with Gasteiger partial charge in [0.15, 0.2) is 0 Å². The molecule has 2 fully saturated rings. The lowest BCUT2D eigenvalue weighted by atomic mass is 10.0. The molecule has 1 atom stereocenters. The number of piperidine rings is 1. The Balaban J connectivity index is 1.76. The largest absolute Gasteiger partial charge is 0.371 e. The quantitative estimate of drug-likeness (QED) is 0.914. The molecular formula is C15H26N4O2. The molecule has 2 saturated heterocycles. The van der Waals surface area contributed by atoms with Gasteiger partial charge in [-0.3, -0.25) is 4.90 Å². The number of likely N-dealkylation sites (tertiary alicyclic amines) is 1. The van der Waals surface area contributed by atoms with E-state index in [-0.39, 0.29) is 6.04 Å². The summed E-state index contributed by atoms with van der Waals surface area (Å²) in [5, 5.41) is 7.56. The number of nitrogens with one attached hydrogen (secondary N) is 1. The van der Waals surface area contributed by atoms with Crippen molar-refractivity contribution in [2.24, 2.45) is 0 Å². The highest BCUT2D eigenvalue weighted by molar-refractivity contribution is 5.03. The maximum atomic E-state index is 5.56. The lowest BCUT2D eigenvalue weighted by molar-refractivity contribution is 0.00973. The van der Waals surface area contributed by atoms with Crippen LogP contribution in [0.4, 0.5) is 0 Å². The van der Waals surface area contributed by atoms with E-state index in [1.165, 1.54) is 19.3 Å². The Morgan fingerprint density at radius 1 is 1.29 bits per heavy atom. The number of rotatable bonds is 4. The van der Waals surface area contributed by atoms with Gasteiger partial charge in [-0.15, -0.1) is 0 Å². The molecule has 6 heteroatoms. The molecule has 0 aromatic carbocycles. The zero-order valence-corrected chi connectivity index (χ0v) is 13.3. The van der Waals surface area contributed by atoms with Crippen LogP contribution in [0, 0.1) is 0 Å². The van der Waals surface area contributed by atoms with Crippen LogP contribution in [-0.4, -0.2) is 47.8 Å². The second-order valence-electron chi connectivity index (χ2n) is 6.55. The molecule has 0 radical (unpaired) electrons. The predicted octanol–water partition coefficient (Wildman–Crippen LogP) is 1.84. The van der Waals surface area contributed by atoms with E-state index in [0.29, 0.717) is 11.9 Å². The summed E-state index contributed by atoms with van der Waals surface area (Å²) in [5.41, 5.74) is -0.500. The monoisotopic (exact) mass is 294 g/mol. The first-order valence-corrected chi connectivity index (χ1v) is 7.97. The fourth-order valence-corrected chi connectivity index (χ4v) is 3.34. The first kappa shape index (κ1) is 14.9. The van der Waals surface area contributed by atoms with Crippen molar-refractivity contribution >= 4 is 0 Å². The summed E-state index contributed by atoms with van der Waals surface area (Å²) in [6.45, 7) is 7.28. The van der Waals surface area contributed by atoms with Gasteiger partial charge in [-0.25, -0.2) is 0 Å². The van der Waals surface area contributed by atoms with Crippen molar-refractivity contribution in [3.8, 4) is 0 Å². The predicted molar refractivity (Wildman–Crippen MR) is 78.9 cm³/mol. The third kappa shape index (κ3) is 2.98. The van der Waals surface area contributed by atoms with Crippen molar-refractivity contribution in [3.05, 3.63) is 11.7 Å². The van der Waals surface area contributed by atoms with Gasteiger partial charge in [0.25, 0.3) is 0 Å². The minimum atomic E-state index is -0.500. The Bertz CT molecular complexity index is 468. The highest BCUT2D eigenvalue weighted by atomic mass is 16.5. The van der Waals surface area contributed by atoms with E-state index in [2.05, 4.69) is 20.4 Å². The topological polar surface area (TPSA) is 63.4 Å². The number of methoxy groups -OCH3 is 1. The number of ether oxygens (including phenoxy) is 1. The molecule has 0 spiro atoms. The van der Waals surface area contributed by atoms with Crippen LogP contribution >= 0.6 is 0 Å². The van der Waals surface area contributed by atoms with Crippen LogP contribution in [0.25, 0.3) is 0 Å². The summed E-state index contributed by atoms with van der Waals surface area (Å²) in [6.07, 6.45) is 4.74. The van der Waals surface area contributed by atoms with Crippen LogP contribution in [0.5, 0.6) is 0 Å². The van der Waals surface area contributed by atoms with Crippen LogP contribution in [0.3, 0.4) is 0 Å². The molecule has 21 heavy (non-hydrogen) atoms. The van der Waals surface area contributed by atoms with Gasteiger partial charge < -0.3 is 14.6 Å². The van der Waals surface area contributed by atoms with Gasteiger partial charge in [0, 0.05) is 13.2 Å². The average molecular weight is 294 g/mol. The molecule has 118 valence electrons. The summed E-state index contributed by atoms with van der Waals surface area (Å²) in [4.78, 5) is 7.19. The van der Waals surface area contributed by atoms with E-state index < -0.39 is 5.60 Å². The van der Waals surface area contributed by atoms with Gasteiger partial charge in [-0.05, 0) is 59.2 Å². The van der Waals surface area contributed by atoms with Crippen molar-refractivity contribution in [3.63, 3.8) is 0 Å². The van der Waals surface area contributed by atoms with Crippen molar-refractivity contribution in [1.82, 2.24) is 20.4 Å². The Morgan fingerprint density at radius 3 is 2.76 bits per heavy atom. The van der Waals surface area contributed by atoms with E-state index in [4.69, 9.17) is 9.26 Å². The van der Waals surface area contributed by atoms with Crippen LogP contribution in [0.15, 0.2) is 4.52 Å². The van der Waals surface area contributed by atoms with Crippen LogP contribution in [0.2, 0.25) is 0 Å². The summed E-state index contributed by atoms with van der Waals surface area (Å²) in [7, 11) is 1.67. The second kappa shape index (κ2) is 6.02. The van der Waals surface area contributed by atoms with E-state index in [9.17, 15) is 0 Å². The maximum Gasteiger partial charge on any atom is 0.244 e. The molecule has 1 unspecified atom stereocenters. The first-order chi connectivity index (χ1) is 10.1. The van der Waals surface area contributed by atoms with Crippen molar-refractivity contribution in [1.29, 1.82) is 0 Å². The standard InChI is InChI=1S/C15H26N4O2/c1-15(2,20-3)14-17-13(21-18-14)12-5-4-10-19(12)11-6-8-16-9-7-11/h11-12,16H,4-10H2,1-3H3. The fraction of sp³-hybridized carbons (Fsp3) is 0.867. The van der Waals surface area contributed by atoms with Gasteiger partial charge >= 0.3 is 0 Å². The van der Waals surface area contributed by atoms with E-state index in [0.717, 1.165) is 31.9 Å². The smallest absolute Gasteiger partial charge is 0.244 e. The lowest BCUT2D eigenvalue weighted by Gasteiger charge is -2.34. The molecule has 3 rings (SSSR count). The zero-order valence-electron chi connectivity index (χ0n) is 13.3. The Labute approximate surface area is 126 Å². The van der Waals surface area contributed by atoms with Gasteiger partial charge in [0.1, 0.15) is 5.60 Å². The molecule has 0 aliphatic carbocycles. The molecule has 2 aliphatic heterocycles. The zero-order chi connectivity index (χ0) is 14.9. The summed E-state index contributed by atoms with van der Waals surface area (Å²) >= 11 is 0. The lowest BCUT2D eigenvalue weighted by Crippen LogP contribution is -2.42. The summed E-state index contributed by atoms with van der Waals surface area (Å²) in [6, 6.07) is 0.923. The van der Waals surface area contributed by atoms with Crippen LogP contribution in [-0.2, 0) is 10.3 Å². The number of hydrogen-bond acceptors (Lipinski definition) is 6. The van der Waals surface area contributed by atoms with E-state index in [1.54, 1.807) is 7.11 Å². The third-order valence-electron chi connectivity index (χ3n) is 4.85. The molecule has 0 saturated carbocycles.